The molecule has 2 atom stereocenters. The lowest BCUT2D eigenvalue weighted by molar-refractivity contribution is -0.130. The van der Waals surface area contributed by atoms with Crippen molar-refractivity contribution in [3.63, 3.8) is 0 Å². The van der Waals surface area contributed by atoms with E-state index in [1.165, 1.54) is 19.1 Å². The standard InChI is InChI=1S/C28H26FN3O3/c1-17(33)31-26(14-18-10-12-21(29)13-11-18)28(35)32-25(27(30)34)16-24-22-8-4-2-6-19(22)15-20-7-3-5-9-23(20)24/h2-13,15,25-26H,14,16H2,1H3,(H2,30,34)(H,31,33)(H,32,35)/t25-,26-/m0/s1. The summed E-state index contributed by atoms with van der Waals surface area (Å²) < 4.78 is 13.3. The molecule has 35 heavy (non-hydrogen) atoms. The van der Waals surface area contributed by atoms with E-state index in [4.69, 9.17) is 5.73 Å². The van der Waals surface area contributed by atoms with Gasteiger partial charge in [-0.1, -0.05) is 60.7 Å². The Labute approximate surface area is 202 Å². The summed E-state index contributed by atoms with van der Waals surface area (Å²) in [6.07, 6.45) is 0.320. The normalized spacial score (nSPS) is 12.7. The van der Waals surface area contributed by atoms with Gasteiger partial charge in [-0.05, 0) is 50.9 Å². The number of fused-ring (bicyclic) bond motifs is 2. The number of carbonyl (C=O) groups excluding carboxylic acids is 3. The molecular formula is C28H26FN3O3. The summed E-state index contributed by atoms with van der Waals surface area (Å²) in [6.45, 7) is 1.30. The van der Waals surface area contributed by atoms with Crippen LogP contribution in [0.15, 0.2) is 78.9 Å². The van der Waals surface area contributed by atoms with Gasteiger partial charge in [-0.3, -0.25) is 14.4 Å². The highest BCUT2D eigenvalue weighted by Crippen LogP contribution is 2.29. The van der Waals surface area contributed by atoms with Crippen molar-refractivity contribution < 1.29 is 18.8 Å². The van der Waals surface area contributed by atoms with Crippen molar-refractivity contribution in [2.45, 2.75) is 31.8 Å². The summed E-state index contributed by atoms with van der Waals surface area (Å²) in [6, 6.07) is 21.5. The Morgan fingerprint density at radius 2 is 1.37 bits per heavy atom. The maximum Gasteiger partial charge on any atom is 0.243 e. The number of amides is 3. The molecule has 0 aromatic heterocycles. The summed E-state index contributed by atoms with van der Waals surface area (Å²) in [4.78, 5) is 37.4. The second kappa shape index (κ2) is 10.3. The molecule has 0 aliphatic carbocycles. The highest BCUT2D eigenvalue weighted by atomic mass is 19.1. The second-order valence-corrected chi connectivity index (χ2v) is 8.55. The molecule has 0 aliphatic rings. The minimum atomic E-state index is -0.999. The number of halogens is 1. The van der Waals surface area contributed by atoms with Gasteiger partial charge in [-0.25, -0.2) is 4.39 Å². The van der Waals surface area contributed by atoms with Crippen LogP contribution in [0.5, 0.6) is 0 Å². The van der Waals surface area contributed by atoms with Crippen LogP contribution in [0.2, 0.25) is 0 Å². The van der Waals surface area contributed by atoms with Crippen LogP contribution >= 0.6 is 0 Å². The van der Waals surface area contributed by atoms with E-state index in [0.29, 0.717) is 5.56 Å². The number of hydrogen-bond donors (Lipinski definition) is 3. The molecule has 0 radical (unpaired) electrons. The Hall–Kier alpha value is -4.26. The second-order valence-electron chi connectivity index (χ2n) is 8.55. The maximum absolute atomic E-state index is 13.3. The van der Waals surface area contributed by atoms with Gasteiger partial charge in [0.25, 0.3) is 0 Å². The maximum atomic E-state index is 13.3. The van der Waals surface area contributed by atoms with Crippen LogP contribution in [0.1, 0.15) is 18.1 Å². The highest BCUT2D eigenvalue weighted by Gasteiger charge is 2.26. The van der Waals surface area contributed by atoms with Gasteiger partial charge in [0, 0.05) is 19.8 Å². The summed E-state index contributed by atoms with van der Waals surface area (Å²) in [5.74, 6) is -2.02. The first kappa shape index (κ1) is 23.9. The third-order valence-corrected chi connectivity index (χ3v) is 6.00. The zero-order valence-corrected chi connectivity index (χ0v) is 19.3. The quantitative estimate of drug-likeness (QED) is 0.343. The van der Waals surface area contributed by atoms with E-state index < -0.39 is 35.6 Å². The molecule has 4 N–H and O–H groups in total. The van der Waals surface area contributed by atoms with Crippen molar-refractivity contribution in [2.24, 2.45) is 5.73 Å². The van der Waals surface area contributed by atoms with E-state index in [1.54, 1.807) is 12.1 Å². The fourth-order valence-electron chi connectivity index (χ4n) is 4.34. The third-order valence-electron chi connectivity index (χ3n) is 6.00. The molecule has 0 saturated carbocycles. The van der Waals surface area contributed by atoms with E-state index in [9.17, 15) is 18.8 Å². The lowest BCUT2D eigenvalue weighted by Gasteiger charge is -2.23. The molecule has 0 fully saturated rings. The van der Waals surface area contributed by atoms with Crippen LogP contribution in [0, 0.1) is 5.82 Å². The number of hydrogen-bond acceptors (Lipinski definition) is 3. The van der Waals surface area contributed by atoms with Crippen LogP contribution in [0.25, 0.3) is 21.5 Å². The zero-order valence-electron chi connectivity index (χ0n) is 19.3. The molecule has 178 valence electrons. The molecule has 4 aromatic carbocycles. The van der Waals surface area contributed by atoms with Crippen LogP contribution < -0.4 is 16.4 Å². The van der Waals surface area contributed by atoms with Crippen molar-refractivity contribution in [1.29, 1.82) is 0 Å². The van der Waals surface area contributed by atoms with Crippen LogP contribution in [0.3, 0.4) is 0 Å². The van der Waals surface area contributed by atoms with Gasteiger partial charge in [-0.2, -0.15) is 0 Å². The lowest BCUT2D eigenvalue weighted by Crippen LogP contribution is -2.54. The van der Waals surface area contributed by atoms with E-state index in [-0.39, 0.29) is 12.8 Å². The topological polar surface area (TPSA) is 101 Å². The molecule has 3 amide bonds. The summed E-state index contributed by atoms with van der Waals surface area (Å²) in [5.41, 5.74) is 7.27. The van der Waals surface area contributed by atoms with E-state index >= 15 is 0 Å². The van der Waals surface area contributed by atoms with Crippen molar-refractivity contribution in [2.75, 3.05) is 0 Å². The number of primary amides is 1. The lowest BCUT2D eigenvalue weighted by atomic mass is 9.92. The molecule has 0 aliphatic heterocycles. The molecule has 0 saturated heterocycles. The van der Waals surface area contributed by atoms with Crippen molar-refractivity contribution >= 4 is 39.3 Å². The Morgan fingerprint density at radius 3 is 1.91 bits per heavy atom. The summed E-state index contributed by atoms with van der Waals surface area (Å²) >= 11 is 0. The van der Waals surface area contributed by atoms with E-state index in [1.807, 2.05) is 48.5 Å². The predicted octanol–water partition coefficient (Wildman–Crippen LogP) is 3.39. The molecule has 4 rings (SSSR count). The Balaban J connectivity index is 1.64. The monoisotopic (exact) mass is 471 g/mol. The van der Waals surface area contributed by atoms with Gasteiger partial charge in [0.1, 0.15) is 17.9 Å². The van der Waals surface area contributed by atoms with E-state index in [0.717, 1.165) is 27.1 Å². The summed E-state index contributed by atoms with van der Waals surface area (Å²) in [5, 5.41) is 9.31. The first-order chi connectivity index (χ1) is 16.8. The summed E-state index contributed by atoms with van der Waals surface area (Å²) in [7, 11) is 0. The molecule has 0 bridgehead atoms. The Kier molecular flexibility index (Phi) is 7.06. The minimum absolute atomic E-state index is 0.133. The van der Waals surface area contributed by atoms with E-state index in [2.05, 4.69) is 16.7 Å². The van der Waals surface area contributed by atoms with Crippen molar-refractivity contribution in [1.82, 2.24) is 10.6 Å². The fraction of sp³-hybridized carbons (Fsp3) is 0.179. The van der Waals surface area contributed by atoms with Crippen molar-refractivity contribution in [3.8, 4) is 0 Å². The van der Waals surface area contributed by atoms with Gasteiger partial charge < -0.3 is 16.4 Å². The zero-order chi connectivity index (χ0) is 24.9. The molecule has 6 nitrogen and oxygen atoms in total. The third kappa shape index (κ3) is 5.63. The smallest absolute Gasteiger partial charge is 0.243 e. The fourth-order valence-corrected chi connectivity index (χ4v) is 4.34. The predicted molar refractivity (Wildman–Crippen MR) is 134 cm³/mol. The van der Waals surface area contributed by atoms with Gasteiger partial charge >= 0.3 is 0 Å². The number of nitrogens with two attached hydrogens (primary N) is 1. The average Bonchev–Trinajstić information content (AvgIpc) is 2.83. The Bertz CT molecular complexity index is 1350. The van der Waals surface area contributed by atoms with Crippen LogP contribution in [0.4, 0.5) is 4.39 Å². The van der Waals surface area contributed by atoms with Gasteiger partial charge in [0.2, 0.25) is 17.7 Å². The molecule has 0 spiro atoms. The minimum Gasteiger partial charge on any atom is -0.368 e. The largest absolute Gasteiger partial charge is 0.368 e. The molecule has 7 heteroatoms. The first-order valence-corrected chi connectivity index (χ1v) is 11.3. The van der Waals surface area contributed by atoms with Gasteiger partial charge in [0.15, 0.2) is 0 Å². The number of nitrogens with one attached hydrogen (secondary N) is 2. The van der Waals surface area contributed by atoms with Crippen molar-refractivity contribution in [3.05, 3.63) is 95.8 Å². The van der Waals surface area contributed by atoms with Crippen LogP contribution in [-0.4, -0.2) is 29.8 Å². The molecule has 0 heterocycles. The highest BCUT2D eigenvalue weighted by molar-refractivity contribution is 6.03. The number of carbonyl (C=O) groups is 3. The Morgan fingerprint density at radius 1 is 0.800 bits per heavy atom. The molecular weight excluding hydrogens is 445 g/mol. The SMILES string of the molecule is CC(=O)N[C@@H](Cc1ccc(F)cc1)C(=O)N[C@@H](Cc1c2ccccc2cc2ccccc12)C(N)=O. The number of benzene rings is 4. The first-order valence-electron chi connectivity index (χ1n) is 11.3. The van der Waals surface area contributed by atoms with Gasteiger partial charge in [-0.15, -0.1) is 0 Å². The molecule has 0 unspecified atom stereocenters. The molecule has 4 aromatic rings. The number of rotatable bonds is 8. The average molecular weight is 472 g/mol. The van der Waals surface area contributed by atoms with Gasteiger partial charge in [0.05, 0.1) is 0 Å². The van der Waals surface area contributed by atoms with Crippen LogP contribution in [-0.2, 0) is 27.2 Å².